The van der Waals surface area contributed by atoms with Gasteiger partial charge in [0.2, 0.25) is 5.13 Å². The topological polar surface area (TPSA) is 67.7 Å². The average Bonchev–Trinajstić information content (AvgIpc) is 2.98. The first-order valence-electron chi connectivity index (χ1n) is 6.75. The van der Waals surface area contributed by atoms with E-state index in [1.165, 1.54) is 11.5 Å². The molecule has 0 aliphatic carbocycles. The molecule has 19 heavy (non-hydrogen) atoms. The van der Waals surface area contributed by atoms with Gasteiger partial charge in [0.15, 0.2) is 0 Å². The number of aliphatic hydroxyl groups excluding tert-OH is 1. The van der Waals surface area contributed by atoms with E-state index in [0.29, 0.717) is 19.1 Å². The number of rotatable bonds is 3. The van der Waals surface area contributed by atoms with Crippen molar-refractivity contribution < 1.29 is 14.6 Å². The summed E-state index contributed by atoms with van der Waals surface area (Å²) in [6.45, 7) is 3.71. The Bertz CT molecular complexity index is 409. The SMILES string of the molecule is OCC1COCCN1c1nc(C2CCOCC2)ns1. The lowest BCUT2D eigenvalue weighted by molar-refractivity contribution is 0.0725. The van der Waals surface area contributed by atoms with Gasteiger partial charge in [-0.25, -0.2) is 4.98 Å². The fourth-order valence-electron chi connectivity index (χ4n) is 2.52. The van der Waals surface area contributed by atoms with Crippen molar-refractivity contribution in [3.8, 4) is 0 Å². The normalized spacial score (nSPS) is 25.7. The Morgan fingerprint density at radius 1 is 1.26 bits per heavy atom. The molecule has 3 rings (SSSR count). The highest BCUT2D eigenvalue weighted by atomic mass is 32.1. The van der Waals surface area contributed by atoms with Crippen LogP contribution in [0, 0.1) is 0 Å². The van der Waals surface area contributed by atoms with Gasteiger partial charge in [-0.1, -0.05) is 0 Å². The van der Waals surface area contributed by atoms with Crippen molar-refractivity contribution in [1.82, 2.24) is 9.36 Å². The van der Waals surface area contributed by atoms with Gasteiger partial charge in [-0.05, 0) is 12.8 Å². The average molecular weight is 285 g/mol. The minimum absolute atomic E-state index is 0.00393. The number of morpholine rings is 1. The van der Waals surface area contributed by atoms with Crippen LogP contribution in [0.3, 0.4) is 0 Å². The van der Waals surface area contributed by atoms with E-state index >= 15 is 0 Å². The molecular weight excluding hydrogens is 266 g/mol. The Labute approximate surface area is 116 Å². The molecule has 0 aromatic carbocycles. The number of hydrogen-bond donors (Lipinski definition) is 1. The van der Waals surface area contributed by atoms with Crippen molar-refractivity contribution in [3.63, 3.8) is 0 Å². The van der Waals surface area contributed by atoms with Crippen LogP contribution in [0.15, 0.2) is 0 Å². The van der Waals surface area contributed by atoms with E-state index in [4.69, 9.17) is 9.47 Å². The smallest absolute Gasteiger partial charge is 0.205 e. The fourth-order valence-corrected chi connectivity index (χ4v) is 3.37. The Morgan fingerprint density at radius 3 is 2.89 bits per heavy atom. The van der Waals surface area contributed by atoms with Crippen LogP contribution in [0.4, 0.5) is 5.13 Å². The van der Waals surface area contributed by atoms with Gasteiger partial charge in [0.25, 0.3) is 0 Å². The zero-order valence-corrected chi connectivity index (χ0v) is 11.6. The van der Waals surface area contributed by atoms with Crippen LogP contribution in [-0.4, -0.2) is 60.1 Å². The lowest BCUT2D eigenvalue weighted by Gasteiger charge is -2.33. The molecule has 0 spiro atoms. The Balaban J connectivity index is 1.72. The summed E-state index contributed by atoms with van der Waals surface area (Å²) < 4.78 is 15.2. The number of aromatic nitrogens is 2. The Kier molecular flexibility index (Phi) is 4.27. The summed E-state index contributed by atoms with van der Waals surface area (Å²) in [4.78, 5) is 6.78. The van der Waals surface area contributed by atoms with Gasteiger partial charge in [-0.3, -0.25) is 0 Å². The van der Waals surface area contributed by atoms with Gasteiger partial charge in [-0.15, -0.1) is 0 Å². The minimum Gasteiger partial charge on any atom is -0.394 e. The van der Waals surface area contributed by atoms with E-state index in [-0.39, 0.29) is 12.6 Å². The van der Waals surface area contributed by atoms with E-state index in [9.17, 15) is 5.11 Å². The predicted octanol–water partition coefficient (Wildman–Crippen LogP) is 0.630. The second-order valence-corrected chi connectivity index (χ2v) is 5.66. The van der Waals surface area contributed by atoms with Crippen LogP contribution in [0.2, 0.25) is 0 Å². The van der Waals surface area contributed by atoms with Crippen LogP contribution in [0.25, 0.3) is 0 Å². The number of ether oxygens (including phenoxy) is 2. The van der Waals surface area contributed by atoms with Crippen molar-refractivity contribution in [2.75, 3.05) is 44.5 Å². The van der Waals surface area contributed by atoms with E-state index < -0.39 is 0 Å². The second-order valence-electron chi connectivity index (χ2n) is 4.93. The summed E-state index contributed by atoms with van der Waals surface area (Å²) in [6.07, 6.45) is 2.01. The third-order valence-corrected chi connectivity index (χ3v) is 4.47. The first kappa shape index (κ1) is 13.2. The molecule has 2 aliphatic heterocycles. The van der Waals surface area contributed by atoms with Gasteiger partial charge in [0.05, 0.1) is 25.9 Å². The maximum atomic E-state index is 9.40. The summed E-state index contributed by atoms with van der Waals surface area (Å²) >= 11 is 1.43. The molecule has 6 nitrogen and oxygen atoms in total. The summed E-state index contributed by atoms with van der Waals surface area (Å²) in [5.74, 6) is 1.36. The molecule has 0 amide bonds. The zero-order chi connectivity index (χ0) is 13.1. The molecule has 0 radical (unpaired) electrons. The van der Waals surface area contributed by atoms with Crippen molar-refractivity contribution in [2.24, 2.45) is 0 Å². The molecule has 1 aromatic rings. The molecule has 2 fully saturated rings. The lowest BCUT2D eigenvalue weighted by Crippen LogP contribution is -2.47. The number of anilines is 1. The molecule has 106 valence electrons. The van der Waals surface area contributed by atoms with Crippen molar-refractivity contribution in [3.05, 3.63) is 5.82 Å². The highest BCUT2D eigenvalue weighted by molar-refractivity contribution is 7.09. The summed E-state index contributed by atoms with van der Waals surface area (Å²) in [5, 5.41) is 10.3. The lowest BCUT2D eigenvalue weighted by atomic mass is 10.00. The first-order valence-corrected chi connectivity index (χ1v) is 7.52. The number of nitrogens with zero attached hydrogens (tertiary/aromatic N) is 3. The first-order chi connectivity index (χ1) is 9.38. The molecule has 1 aromatic heterocycles. The second kappa shape index (κ2) is 6.13. The highest BCUT2D eigenvalue weighted by Crippen LogP contribution is 2.29. The standard InChI is InChI=1S/C12H19N3O3S/c16-7-10-8-18-6-3-15(10)12-13-11(14-19-12)9-1-4-17-5-2-9/h9-10,16H,1-8H2. The molecule has 1 unspecified atom stereocenters. The Hall–Kier alpha value is -0.760. The van der Waals surface area contributed by atoms with E-state index in [1.54, 1.807) is 0 Å². The van der Waals surface area contributed by atoms with Gasteiger partial charge in [0, 0.05) is 37.2 Å². The Morgan fingerprint density at radius 2 is 2.11 bits per heavy atom. The molecule has 1 atom stereocenters. The quantitative estimate of drug-likeness (QED) is 0.878. The number of aliphatic hydroxyl groups is 1. The zero-order valence-electron chi connectivity index (χ0n) is 10.8. The van der Waals surface area contributed by atoms with E-state index in [1.807, 2.05) is 0 Å². The maximum Gasteiger partial charge on any atom is 0.205 e. The highest BCUT2D eigenvalue weighted by Gasteiger charge is 2.27. The molecular formula is C12H19N3O3S. The predicted molar refractivity (Wildman–Crippen MR) is 71.7 cm³/mol. The van der Waals surface area contributed by atoms with Crippen LogP contribution in [-0.2, 0) is 9.47 Å². The largest absolute Gasteiger partial charge is 0.394 e. The monoisotopic (exact) mass is 285 g/mol. The molecule has 2 aliphatic rings. The van der Waals surface area contributed by atoms with Crippen LogP contribution < -0.4 is 4.90 Å². The molecule has 0 saturated carbocycles. The van der Waals surface area contributed by atoms with Crippen LogP contribution in [0.1, 0.15) is 24.6 Å². The van der Waals surface area contributed by atoms with Gasteiger partial charge >= 0.3 is 0 Å². The van der Waals surface area contributed by atoms with E-state index in [2.05, 4.69) is 14.3 Å². The molecule has 2 saturated heterocycles. The number of hydrogen-bond acceptors (Lipinski definition) is 7. The third-order valence-electron chi connectivity index (χ3n) is 3.70. The summed E-state index contributed by atoms with van der Waals surface area (Å²) in [7, 11) is 0. The van der Waals surface area contributed by atoms with Crippen LogP contribution in [0.5, 0.6) is 0 Å². The van der Waals surface area contributed by atoms with Crippen molar-refractivity contribution in [1.29, 1.82) is 0 Å². The molecule has 1 N–H and O–H groups in total. The molecule has 3 heterocycles. The van der Waals surface area contributed by atoms with Crippen molar-refractivity contribution >= 4 is 16.7 Å². The molecule has 0 bridgehead atoms. The third kappa shape index (κ3) is 2.89. The minimum atomic E-state index is 0.00393. The van der Waals surface area contributed by atoms with E-state index in [0.717, 1.165) is 43.6 Å². The van der Waals surface area contributed by atoms with Gasteiger partial charge < -0.3 is 19.5 Å². The fraction of sp³-hybridized carbons (Fsp3) is 0.833. The van der Waals surface area contributed by atoms with Crippen LogP contribution >= 0.6 is 11.5 Å². The molecule has 7 heteroatoms. The van der Waals surface area contributed by atoms with Gasteiger partial charge in [0.1, 0.15) is 5.82 Å². The maximum absolute atomic E-state index is 9.40. The van der Waals surface area contributed by atoms with Gasteiger partial charge in [-0.2, -0.15) is 4.37 Å². The summed E-state index contributed by atoms with van der Waals surface area (Å²) in [6, 6.07) is 0.00393. The summed E-state index contributed by atoms with van der Waals surface area (Å²) in [5.41, 5.74) is 0. The van der Waals surface area contributed by atoms with Crippen molar-refractivity contribution in [2.45, 2.75) is 24.8 Å².